The van der Waals surface area contributed by atoms with Gasteiger partial charge in [-0.15, -0.1) is 0 Å². The monoisotopic (exact) mass is 686 g/mol. The van der Waals surface area contributed by atoms with Gasteiger partial charge in [0.15, 0.2) is 0 Å². The molecule has 0 aliphatic carbocycles. The van der Waals surface area contributed by atoms with Crippen molar-refractivity contribution in [2.24, 2.45) is 0 Å². The molecule has 6 rings (SSSR count). The Morgan fingerprint density at radius 1 is 0.596 bits per heavy atom. The lowest BCUT2D eigenvalue weighted by molar-refractivity contribution is -0.138. The van der Waals surface area contributed by atoms with Crippen LogP contribution in [0.5, 0.6) is 0 Å². The highest BCUT2D eigenvalue weighted by Crippen LogP contribution is 2.45. The van der Waals surface area contributed by atoms with Gasteiger partial charge in [0.2, 0.25) is 0 Å². The summed E-state index contributed by atoms with van der Waals surface area (Å²) in [5.74, 6) is -0.834. The molecule has 4 heteroatoms. The van der Waals surface area contributed by atoms with Gasteiger partial charge in [0.1, 0.15) is 0 Å². The van der Waals surface area contributed by atoms with Gasteiger partial charge in [0.05, 0.1) is 13.2 Å². The molecule has 0 heterocycles. The number of esters is 2. The molecule has 0 saturated heterocycles. The molecule has 6 aromatic rings. The van der Waals surface area contributed by atoms with E-state index in [-0.39, 0.29) is 5.41 Å². The van der Waals surface area contributed by atoms with E-state index in [9.17, 15) is 9.59 Å². The van der Waals surface area contributed by atoms with E-state index in [2.05, 4.69) is 126 Å². The van der Waals surface area contributed by atoms with E-state index in [4.69, 9.17) is 9.47 Å². The summed E-state index contributed by atoms with van der Waals surface area (Å²) in [7, 11) is 0. The molecule has 0 radical (unpaired) electrons. The quantitative estimate of drug-likeness (QED) is 0.0495. The predicted molar refractivity (Wildman–Crippen MR) is 219 cm³/mol. The minimum atomic E-state index is -0.417. The SMILES string of the molecule is C=CC(=O)OCCCc1cc(CCCOC(=O)C=C)cc(-c2cc(-c3cc(C=C)cc(C=C)c3)c3ccc4cc(C(C)(C)C)cc5ccc2c3c45)c1. The average molecular weight is 687 g/mol. The van der Waals surface area contributed by atoms with Gasteiger partial charge in [-0.05, 0) is 138 Å². The molecule has 0 aliphatic heterocycles. The Morgan fingerprint density at radius 3 is 1.52 bits per heavy atom. The third-order valence-corrected chi connectivity index (χ3v) is 9.75. The third kappa shape index (κ3) is 7.62. The van der Waals surface area contributed by atoms with Crippen LogP contribution in [0.4, 0.5) is 0 Å². The summed E-state index contributed by atoms with van der Waals surface area (Å²) in [5, 5.41) is 7.35. The number of carbonyl (C=O) groups is 2. The zero-order chi connectivity index (χ0) is 37.0. The van der Waals surface area contributed by atoms with Crippen molar-refractivity contribution < 1.29 is 19.1 Å². The number of hydrogen-bond acceptors (Lipinski definition) is 4. The zero-order valence-electron chi connectivity index (χ0n) is 30.5. The minimum absolute atomic E-state index is 0.0118. The Labute approximate surface area is 307 Å². The van der Waals surface area contributed by atoms with Crippen LogP contribution in [-0.2, 0) is 37.3 Å². The Bertz CT molecular complexity index is 2260. The lowest BCUT2D eigenvalue weighted by atomic mass is 9.81. The van der Waals surface area contributed by atoms with Gasteiger partial charge >= 0.3 is 11.9 Å². The number of aryl methyl sites for hydroxylation is 2. The van der Waals surface area contributed by atoms with Crippen molar-refractivity contribution in [3.63, 3.8) is 0 Å². The molecule has 0 spiro atoms. The van der Waals surface area contributed by atoms with Crippen LogP contribution in [0.15, 0.2) is 117 Å². The first-order valence-corrected chi connectivity index (χ1v) is 17.9. The van der Waals surface area contributed by atoms with Crippen molar-refractivity contribution in [2.45, 2.75) is 51.9 Å². The summed E-state index contributed by atoms with van der Waals surface area (Å²) < 4.78 is 10.6. The van der Waals surface area contributed by atoms with E-state index in [0.717, 1.165) is 57.3 Å². The highest BCUT2D eigenvalue weighted by atomic mass is 16.5. The normalized spacial score (nSPS) is 11.5. The number of rotatable bonds is 14. The molecule has 0 aromatic heterocycles. The molecule has 0 amide bonds. The minimum Gasteiger partial charge on any atom is -0.463 e. The van der Waals surface area contributed by atoms with Gasteiger partial charge in [-0.25, -0.2) is 9.59 Å². The fourth-order valence-corrected chi connectivity index (χ4v) is 7.12. The summed E-state index contributed by atoms with van der Waals surface area (Å²) in [5.41, 5.74) is 10.2. The van der Waals surface area contributed by atoms with Crippen LogP contribution in [0.3, 0.4) is 0 Å². The average Bonchev–Trinajstić information content (AvgIpc) is 3.15. The van der Waals surface area contributed by atoms with Crippen molar-refractivity contribution in [3.05, 3.63) is 145 Å². The van der Waals surface area contributed by atoms with Gasteiger partial charge in [-0.2, -0.15) is 0 Å². The van der Waals surface area contributed by atoms with Crippen molar-refractivity contribution >= 4 is 56.4 Å². The lowest BCUT2D eigenvalue weighted by Gasteiger charge is -2.23. The number of carbonyl (C=O) groups excluding carboxylic acids is 2. The molecule has 0 unspecified atom stereocenters. The second kappa shape index (κ2) is 15.2. The predicted octanol–water partition coefficient (Wildman–Crippen LogP) is 11.8. The van der Waals surface area contributed by atoms with Crippen LogP contribution in [-0.4, -0.2) is 25.2 Å². The number of benzene rings is 6. The van der Waals surface area contributed by atoms with Crippen molar-refractivity contribution in [3.8, 4) is 22.3 Å². The summed E-state index contributed by atoms with van der Waals surface area (Å²) >= 11 is 0. The van der Waals surface area contributed by atoms with E-state index >= 15 is 0 Å². The van der Waals surface area contributed by atoms with Crippen LogP contribution >= 0.6 is 0 Å². The smallest absolute Gasteiger partial charge is 0.330 e. The van der Waals surface area contributed by atoms with E-state index in [1.54, 1.807) is 0 Å². The molecule has 0 saturated carbocycles. The highest BCUT2D eigenvalue weighted by molar-refractivity contribution is 6.28. The van der Waals surface area contributed by atoms with Crippen LogP contribution in [0, 0.1) is 0 Å². The summed E-state index contributed by atoms with van der Waals surface area (Å²) in [6, 6.07) is 29.4. The molecule has 0 atom stereocenters. The summed E-state index contributed by atoms with van der Waals surface area (Å²) in [6.07, 6.45) is 8.97. The molecule has 262 valence electrons. The largest absolute Gasteiger partial charge is 0.463 e. The van der Waals surface area contributed by atoms with Crippen LogP contribution < -0.4 is 0 Å². The van der Waals surface area contributed by atoms with Gasteiger partial charge < -0.3 is 9.47 Å². The summed E-state index contributed by atoms with van der Waals surface area (Å²) in [6.45, 7) is 22.6. The maximum absolute atomic E-state index is 11.7. The molecule has 0 aliphatic rings. The second-order valence-corrected chi connectivity index (χ2v) is 14.4. The van der Waals surface area contributed by atoms with Crippen molar-refractivity contribution in [1.29, 1.82) is 0 Å². The number of ether oxygens (including phenoxy) is 2. The Balaban J connectivity index is 1.58. The van der Waals surface area contributed by atoms with E-state index in [0.29, 0.717) is 26.1 Å². The van der Waals surface area contributed by atoms with Crippen LogP contribution in [0.25, 0.3) is 66.7 Å². The maximum Gasteiger partial charge on any atom is 0.330 e. The van der Waals surface area contributed by atoms with E-state index in [1.807, 2.05) is 12.2 Å². The van der Waals surface area contributed by atoms with Gasteiger partial charge in [0, 0.05) is 12.2 Å². The first kappa shape index (κ1) is 36.1. The van der Waals surface area contributed by atoms with E-state index < -0.39 is 11.9 Å². The molecular weight excluding hydrogens is 641 g/mol. The maximum atomic E-state index is 11.7. The first-order valence-electron chi connectivity index (χ1n) is 17.9. The Kier molecular flexibility index (Phi) is 10.6. The van der Waals surface area contributed by atoms with Gasteiger partial charge in [-0.3, -0.25) is 0 Å². The van der Waals surface area contributed by atoms with Crippen LogP contribution in [0.2, 0.25) is 0 Å². The Hall–Kier alpha value is -5.74. The third-order valence-electron chi connectivity index (χ3n) is 9.75. The molecule has 4 nitrogen and oxygen atoms in total. The molecule has 0 bridgehead atoms. The molecule has 52 heavy (non-hydrogen) atoms. The van der Waals surface area contributed by atoms with Gasteiger partial charge in [0.25, 0.3) is 0 Å². The fraction of sp³-hybridized carbons (Fsp3) is 0.208. The van der Waals surface area contributed by atoms with Gasteiger partial charge in [-0.1, -0.05) is 114 Å². The Morgan fingerprint density at radius 2 is 1.08 bits per heavy atom. The molecule has 0 fully saturated rings. The molecular formula is C48H46O4. The summed E-state index contributed by atoms with van der Waals surface area (Å²) in [4.78, 5) is 23.4. The highest BCUT2D eigenvalue weighted by Gasteiger charge is 2.21. The topological polar surface area (TPSA) is 52.6 Å². The molecule has 0 N–H and O–H groups in total. The first-order chi connectivity index (χ1) is 25.0. The number of hydrogen-bond donors (Lipinski definition) is 0. The zero-order valence-corrected chi connectivity index (χ0v) is 30.5. The van der Waals surface area contributed by atoms with Crippen molar-refractivity contribution in [1.82, 2.24) is 0 Å². The second-order valence-electron chi connectivity index (χ2n) is 14.4. The molecule has 6 aromatic carbocycles. The van der Waals surface area contributed by atoms with Crippen LogP contribution in [0.1, 0.15) is 61.4 Å². The van der Waals surface area contributed by atoms with E-state index in [1.165, 1.54) is 50.0 Å². The standard InChI is InChI=1S/C48H46O4/c1-8-31-22-32(9-2)25-37(24-31)42-30-43(41-19-17-36-29-39(48(5,6)7)28-35-16-18-40(42)47(41)46(35)36)38-26-33(14-12-20-51-44(49)10-3)23-34(27-38)15-13-21-52-45(50)11-4/h8-11,16-19,22-30H,1-4,12-15,20-21H2,5-7H3. The lowest BCUT2D eigenvalue weighted by Crippen LogP contribution is -2.10. The van der Waals surface area contributed by atoms with Crippen molar-refractivity contribution in [2.75, 3.05) is 13.2 Å². The fourth-order valence-electron chi connectivity index (χ4n) is 7.12.